The van der Waals surface area contributed by atoms with Gasteiger partial charge in [0.15, 0.2) is 0 Å². The number of hydrogen-bond donors (Lipinski definition) is 1. The van der Waals surface area contributed by atoms with Crippen LogP contribution in [0.25, 0.3) is 0 Å². The number of nitrogens with one attached hydrogen (secondary N) is 1. The molecule has 0 radical (unpaired) electrons. The average Bonchev–Trinajstić information content (AvgIpc) is 1.97. The number of aromatic nitrogens is 1. The van der Waals surface area contributed by atoms with Crippen LogP contribution >= 0.6 is 38.5 Å². The predicted octanol–water partition coefficient (Wildman–Crippen LogP) is 1.65. The van der Waals surface area contributed by atoms with Gasteiger partial charge < -0.3 is 4.98 Å². The SMILES string of the molecule is O=c1[nH]cc(Br)c(I)c1[N+](=O)[O-]. The molecule has 0 spiro atoms. The van der Waals surface area contributed by atoms with Gasteiger partial charge in [0.25, 0.3) is 0 Å². The minimum Gasteiger partial charge on any atom is -0.322 e. The van der Waals surface area contributed by atoms with E-state index in [1.165, 1.54) is 6.20 Å². The van der Waals surface area contributed by atoms with Crippen molar-refractivity contribution in [3.8, 4) is 0 Å². The third kappa shape index (κ3) is 1.66. The second kappa shape index (κ2) is 3.52. The number of pyridine rings is 1. The molecule has 0 amide bonds. The molecule has 0 unspecified atom stereocenters. The fourth-order valence-corrected chi connectivity index (χ4v) is 1.54. The molecule has 0 aromatic carbocycles. The van der Waals surface area contributed by atoms with E-state index in [1.54, 1.807) is 22.6 Å². The molecule has 0 aliphatic carbocycles. The number of aromatic amines is 1. The lowest BCUT2D eigenvalue weighted by Gasteiger charge is -1.95. The van der Waals surface area contributed by atoms with Crippen molar-refractivity contribution < 1.29 is 4.92 Å². The van der Waals surface area contributed by atoms with Crippen molar-refractivity contribution in [2.45, 2.75) is 0 Å². The molecule has 0 fully saturated rings. The van der Waals surface area contributed by atoms with Gasteiger partial charge >= 0.3 is 11.2 Å². The highest BCUT2D eigenvalue weighted by Gasteiger charge is 2.19. The first-order valence-electron chi connectivity index (χ1n) is 2.75. The molecular formula is C5H2BrIN2O3. The van der Waals surface area contributed by atoms with Crippen LogP contribution in [0.15, 0.2) is 15.5 Å². The summed E-state index contributed by atoms with van der Waals surface area (Å²) >= 11 is 4.80. The average molecular weight is 345 g/mol. The smallest absolute Gasteiger partial charge is 0.322 e. The minimum absolute atomic E-state index is 0.307. The fraction of sp³-hybridized carbons (Fsp3) is 0. The van der Waals surface area contributed by atoms with Gasteiger partial charge in [-0.3, -0.25) is 14.9 Å². The van der Waals surface area contributed by atoms with Crippen LogP contribution in [0.4, 0.5) is 5.69 Å². The number of nitrogens with zero attached hydrogens (tertiary/aromatic N) is 1. The Morgan fingerprint density at radius 3 is 2.67 bits per heavy atom. The van der Waals surface area contributed by atoms with E-state index >= 15 is 0 Å². The van der Waals surface area contributed by atoms with Gasteiger partial charge in [0.1, 0.15) is 3.57 Å². The van der Waals surface area contributed by atoms with Gasteiger partial charge in [-0.1, -0.05) is 0 Å². The van der Waals surface area contributed by atoms with Crippen molar-refractivity contribution >= 4 is 44.2 Å². The van der Waals surface area contributed by atoms with Crippen molar-refractivity contribution in [3.63, 3.8) is 0 Å². The summed E-state index contributed by atoms with van der Waals surface area (Å²) in [6.07, 6.45) is 1.37. The predicted molar refractivity (Wildman–Crippen MR) is 54.1 cm³/mol. The Morgan fingerprint density at radius 2 is 2.25 bits per heavy atom. The number of H-pyrrole nitrogens is 1. The lowest BCUT2D eigenvalue weighted by molar-refractivity contribution is -0.387. The lowest BCUT2D eigenvalue weighted by atomic mass is 10.4. The highest BCUT2D eigenvalue weighted by molar-refractivity contribution is 14.1. The summed E-state index contributed by atoms with van der Waals surface area (Å²) in [7, 11) is 0. The van der Waals surface area contributed by atoms with Gasteiger partial charge in [0.05, 0.1) is 9.40 Å². The zero-order valence-corrected chi connectivity index (χ0v) is 9.25. The van der Waals surface area contributed by atoms with E-state index in [0.717, 1.165) is 0 Å². The zero-order chi connectivity index (χ0) is 9.30. The summed E-state index contributed by atoms with van der Waals surface area (Å²) in [4.78, 5) is 22.8. The number of hydrogen-bond acceptors (Lipinski definition) is 3. The van der Waals surface area contributed by atoms with Gasteiger partial charge in [0, 0.05) is 6.20 Å². The van der Waals surface area contributed by atoms with Crippen molar-refractivity contribution in [2.24, 2.45) is 0 Å². The van der Waals surface area contributed by atoms with Crippen molar-refractivity contribution in [1.29, 1.82) is 0 Å². The molecule has 1 rings (SSSR count). The Balaban J connectivity index is 3.54. The van der Waals surface area contributed by atoms with Crippen LogP contribution in [-0.4, -0.2) is 9.91 Å². The van der Waals surface area contributed by atoms with Crippen molar-refractivity contribution in [3.05, 3.63) is 34.7 Å². The number of nitro groups is 1. The molecule has 0 saturated heterocycles. The standard InChI is InChI=1S/C5H2BrIN2O3/c6-2-1-8-5(10)4(3(2)7)9(11)12/h1H,(H,8,10). The van der Waals surface area contributed by atoms with Gasteiger partial charge in [-0.25, -0.2) is 0 Å². The molecule has 0 saturated carbocycles. The normalized spacial score (nSPS) is 9.83. The Bertz CT molecular complexity index is 389. The molecule has 64 valence electrons. The molecular weight excluding hydrogens is 343 g/mol. The summed E-state index contributed by atoms with van der Waals surface area (Å²) in [5.74, 6) is 0. The third-order valence-corrected chi connectivity index (χ3v) is 3.60. The van der Waals surface area contributed by atoms with Gasteiger partial charge in [-0.05, 0) is 38.5 Å². The zero-order valence-electron chi connectivity index (χ0n) is 5.51. The Kier molecular flexibility index (Phi) is 2.83. The molecule has 1 aromatic heterocycles. The van der Waals surface area contributed by atoms with Crippen molar-refractivity contribution in [1.82, 2.24) is 4.98 Å². The van der Waals surface area contributed by atoms with Crippen LogP contribution in [0.2, 0.25) is 0 Å². The molecule has 5 nitrogen and oxygen atoms in total. The Hall–Kier alpha value is -0.440. The lowest BCUT2D eigenvalue weighted by Crippen LogP contribution is -2.12. The van der Waals surface area contributed by atoms with E-state index < -0.39 is 16.2 Å². The topological polar surface area (TPSA) is 76.0 Å². The van der Waals surface area contributed by atoms with Crippen LogP contribution in [0.5, 0.6) is 0 Å². The molecule has 12 heavy (non-hydrogen) atoms. The second-order valence-electron chi connectivity index (χ2n) is 1.89. The van der Waals surface area contributed by atoms with Gasteiger partial charge in [-0.2, -0.15) is 0 Å². The fourth-order valence-electron chi connectivity index (χ4n) is 0.636. The molecule has 7 heteroatoms. The van der Waals surface area contributed by atoms with Gasteiger partial charge in [-0.15, -0.1) is 0 Å². The van der Waals surface area contributed by atoms with E-state index in [-0.39, 0.29) is 0 Å². The maximum atomic E-state index is 10.9. The van der Waals surface area contributed by atoms with E-state index in [9.17, 15) is 14.9 Å². The maximum Gasteiger partial charge on any atom is 0.348 e. The van der Waals surface area contributed by atoms with Crippen LogP contribution in [0, 0.1) is 13.7 Å². The number of rotatable bonds is 1. The van der Waals surface area contributed by atoms with E-state index in [1.807, 2.05) is 0 Å². The highest BCUT2D eigenvalue weighted by atomic mass is 127. The van der Waals surface area contributed by atoms with E-state index in [4.69, 9.17) is 0 Å². The Morgan fingerprint density at radius 1 is 1.67 bits per heavy atom. The van der Waals surface area contributed by atoms with E-state index in [0.29, 0.717) is 8.04 Å². The van der Waals surface area contributed by atoms with E-state index in [2.05, 4.69) is 20.9 Å². The first-order valence-corrected chi connectivity index (χ1v) is 4.62. The third-order valence-electron chi connectivity index (χ3n) is 1.15. The molecule has 0 aliphatic heterocycles. The summed E-state index contributed by atoms with van der Waals surface area (Å²) in [5, 5.41) is 10.4. The molecule has 0 atom stereocenters. The largest absolute Gasteiger partial charge is 0.348 e. The quantitative estimate of drug-likeness (QED) is 0.478. The van der Waals surface area contributed by atoms with Crippen LogP contribution in [0.1, 0.15) is 0 Å². The second-order valence-corrected chi connectivity index (χ2v) is 3.82. The molecule has 1 aromatic rings. The van der Waals surface area contributed by atoms with Crippen molar-refractivity contribution in [2.75, 3.05) is 0 Å². The maximum absolute atomic E-state index is 10.9. The Labute approximate surface area is 88.6 Å². The number of halogens is 2. The molecule has 0 aliphatic rings. The first kappa shape index (κ1) is 9.65. The first-order chi connectivity index (χ1) is 5.54. The van der Waals surface area contributed by atoms with Crippen LogP contribution in [-0.2, 0) is 0 Å². The van der Waals surface area contributed by atoms with Crippen LogP contribution < -0.4 is 5.56 Å². The summed E-state index contributed by atoms with van der Waals surface area (Å²) in [5.41, 5.74) is -1.11. The van der Waals surface area contributed by atoms with Crippen LogP contribution in [0.3, 0.4) is 0 Å². The summed E-state index contributed by atoms with van der Waals surface area (Å²) < 4.78 is 0.816. The summed E-state index contributed by atoms with van der Waals surface area (Å²) in [6.45, 7) is 0. The minimum atomic E-state index is -0.703. The molecule has 1 N–H and O–H groups in total. The monoisotopic (exact) mass is 344 g/mol. The summed E-state index contributed by atoms with van der Waals surface area (Å²) in [6, 6.07) is 0. The highest BCUT2D eigenvalue weighted by Crippen LogP contribution is 2.23. The molecule has 1 heterocycles. The molecule has 0 bridgehead atoms. The van der Waals surface area contributed by atoms with Gasteiger partial charge in [0.2, 0.25) is 0 Å².